The van der Waals surface area contributed by atoms with Crippen molar-refractivity contribution in [1.29, 1.82) is 0 Å². The molecule has 2 heteroatoms. The first kappa shape index (κ1) is 14.0. The maximum Gasteiger partial charge on any atom is 0.0120 e. The van der Waals surface area contributed by atoms with Crippen molar-refractivity contribution in [3.05, 3.63) is 0 Å². The van der Waals surface area contributed by atoms with Crippen LogP contribution in [-0.2, 0) is 0 Å². The van der Waals surface area contributed by atoms with Crippen LogP contribution in [0.2, 0.25) is 0 Å². The van der Waals surface area contributed by atoms with Crippen molar-refractivity contribution in [1.82, 2.24) is 9.80 Å². The van der Waals surface area contributed by atoms with Crippen molar-refractivity contribution in [2.24, 2.45) is 5.92 Å². The van der Waals surface area contributed by atoms with Crippen LogP contribution in [0.4, 0.5) is 0 Å². The molecule has 0 bridgehead atoms. The van der Waals surface area contributed by atoms with E-state index in [-0.39, 0.29) is 0 Å². The van der Waals surface area contributed by atoms with E-state index in [0.29, 0.717) is 0 Å². The van der Waals surface area contributed by atoms with Crippen LogP contribution in [0.15, 0.2) is 0 Å². The van der Waals surface area contributed by atoms with Gasteiger partial charge in [0.15, 0.2) is 0 Å². The van der Waals surface area contributed by atoms with Crippen LogP contribution < -0.4 is 0 Å². The third-order valence-electron chi connectivity index (χ3n) is 3.71. The smallest absolute Gasteiger partial charge is 0.0120 e. The SMILES string of the molecule is CCCN(CCC(C)C)C1CCN(C)CC1. The summed E-state index contributed by atoms with van der Waals surface area (Å²) >= 11 is 0. The Labute approximate surface area is 102 Å². The van der Waals surface area contributed by atoms with E-state index < -0.39 is 0 Å². The Morgan fingerprint density at radius 2 is 1.81 bits per heavy atom. The van der Waals surface area contributed by atoms with Gasteiger partial charge in [0.05, 0.1) is 0 Å². The van der Waals surface area contributed by atoms with Crippen molar-refractivity contribution in [3.8, 4) is 0 Å². The maximum absolute atomic E-state index is 2.74. The molecule has 16 heavy (non-hydrogen) atoms. The van der Waals surface area contributed by atoms with Gasteiger partial charge in [-0.15, -0.1) is 0 Å². The summed E-state index contributed by atoms with van der Waals surface area (Å²) in [5, 5.41) is 0. The van der Waals surface area contributed by atoms with Crippen molar-refractivity contribution in [2.45, 2.75) is 52.5 Å². The van der Waals surface area contributed by atoms with Gasteiger partial charge in [0, 0.05) is 6.04 Å². The van der Waals surface area contributed by atoms with Gasteiger partial charge < -0.3 is 9.80 Å². The molecule has 1 rings (SSSR count). The standard InChI is InChI=1S/C14H30N2/c1-5-9-16(12-6-13(2)3)14-7-10-15(4)11-8-14/h13-14H,5-12H2,1-4H3. The molecule has 0 aromatic carbocycles. The number of hydrogen-bond acceptors (Lipinski definition) is 2. The lowest BCUT2D eigenvalue weighted by Crippen LogP contribution is -2.44. The van der Waals surface area contributed by atoms with Crippen LogP contribution in [0.1, 0.15) is 46.5 Å². The summed E-state index contributed by atoms with van der Waals surface area (Å²) in [6.45, 7) is 12.1. The number of nitrogens with zero attached hydrogens (tertiary/aromatic N) is 2. The van der Waals surface area contributed by atoms with E-state index in [1.807, 2.05) is 0 Å². The van der Waals surface area contributed by atoms with E-state index in [1.54, 1.807) is 0 Å². The third-order valence-corrected chi connectivity index (χ3v) is 3.71. The Hall–Kier alpha value is -0.0800. The molecular weight excluding hydrogens is 196 g/mol. The largest absolute Gasteiger partial charge is 0.306 e. The molecule has 0 N–H and O–H groups in total. The second-order valence-corrected chi connectivity index (χ2v) is 5.75. The second-order valence-electron chi connectivity index (χ2n) is 5.75. The molecule has 0 aromatic rings. The lowest BCUT2D eigenvalue weighted by atomic mass is 10.0. The number of hydrogen-bond donors (Lipinski definition) is 0. The van der Waals surface area contributed by atoms with Crippen LogP contribution in [0.5, 0.6) is 0 Å². The molecule has 0 radical (unpaired) electrons. The molecule has 0 spiro atoms. The minimum Gasteiger partial charge on any atom is -0.306 e. The fourth-order valence-electron chi connectivity index (χ4n) is 2.55. The van der Waals surface area contributed by atoms with Crippen molar-refractivity contribution < 1.29 is 0 Å². The molecule has 1 fully saturated rings. The van der Waals surface area contributed by atoms with Gasteiger partial charge in [-0.1, -0.05) is 20.8 Å². The molecule has 0 aliphatic carbocycles. The Morgan fingerprint density at radius 1 is 1.19 bits per heavy atom. The number of piperidine rings is 1. The minimum atomic E-state index is 0.839. The molecule has 96 valence electrons. The first-order valence-electron chi connectivity index (χ1n) is 7.06. The van der Waals surface area contributed by atoms with Gasteiger partial charge in [-0.2, -0.15) is 0 Å². The highest BCUT2D eigenvalue weighted by Gasteiger charge is 2.22. The molecule has 0 aromatic heterocycles. The van der Waals surface area contributed by atoms with Gasteiger partial charge in [-0.05, 0) is 64.8 Å². The number of rotatable bonds is 6. The Kier molecular flexibility index (Phi) is 6.37. The normalized spacial score (nSPS) is 19.9. The van der Waals surface area contributed by atoms with Crippen LogP contribution in [0.25, 0.3) is 0 Å². The van der Waals surface area contributed by atoms with Crippen molar-refractivity contribution in [3.63, 3.8) is 0 Å². The first-order valence-corrected chi connectivity index (χ1v) is 7.06. The second kappa shape index (κ2) is 7.29. The van der Waals surface area contributed by atoms with E-state index in [0.717, 1.165) is 12.0 Å². The monoisotopic (exact) mass is 226 g/mol. The summed E-state index contributed by atoms with van der Waals surface area (Å²) in [5.41, 5.74) is 0. The predicted molar refractivity (Wildman–Crippen MR) is 71.8 cm³/mol. The summed E-state index contributed by atoms with van der Waals surface area (Å²) in [4.78, 5) is 5.20. The summed E-state index contributed by atoms with van der Waals surface area (Å²) in [6.07, 6.45) is 5.39. The Bertz CT molecular complexity index is 172. The molecule has 0 unspecified atom stereocenters. The average molecular weight is 226 g/mol. The zero-order valence-electron chi connectivity index (χ0n) is 11.7. The highest BCUT2D eigenvalue weighted by molar-refractivity contribution is 4.78. The van der Waals surface area contributed by atoms with E-state index in [4.69, 9.17) is 0 Å². The Balaban J connectivity index is 2.36. The van der Waals surface area contributed by atoms with Gasteiger partial charge in [-0.3, -0.25) is 0 Å². The van der Waals surface area contributed by atoms with E-state index in [9.17, 15) is 0 Å². The van der Waals surface area contributed by atoms with Crippen LogP contribution in [0.3, 0.4) is 0 Å². The molecular formula is C14H30N2. The molecule has 0 amide bonds. The lowest BCUT2D eigenvalue weighted by Gasteiger charge is -2.37. The van der Waals surface area contributed by atoms with E-state index in [1.165, 1.54) is 51.9 Å². The topological polar surface area (TPSA) is 6.48 Å². The number of likely N-dealkylation sites (tertiary alicyclic amines) is 1. The third kappa shape index (κ3) is 4.84. The van der Waals surface area contributed by atoms with Crippen LogP contribution in [0, 0.1) is 5.92 Å². The quantitative estimate of drug-likeness (QED) is 0.687. The Morgan fingerprint density at radius 3 is 2.31 bits per heavy atom. The van der Waals surface area contributed by atoms with Gasteiger partial charge in [0.2, 0.25) is 0 Å². The summed E-state index contributed by atoms with van der Waals surface area (Å²) in [5.74, 6) is 0.839. The molecule has 1 saturated heterocycles. The molecule has 1 aliphatic rings. The maximum atomic E-state index is 2.74. The fraction of sp³-hybridized carbons (Fsp3) is 1.00. The lowest BCUT2D eigenvalue weighted by molar-refractivity contribution is 0.116. The van der Waals surface area contributed by atoms with E-state index >= 15 is 0 Å². The highest BCUT2D eigenvalue weighted by Crippen LogP contribution is 2.17. The first-order chi connectivity index (χ1) is 7.63. The van der Waals surface area contributed by atoms with Crippen LogP contribution >= 0.6 is 0 Å². The molecule has 0 saturated carbocycles. The van der Waals surface area contributed by atoms with Gasteiger partial charge >= 0.3 is 0 Å². The molecule has 1 aliphatic heterocycles. The van der Waals surface area contributed by atoms with Gasteiger partial charge in [0.25, 0.3) is 0 Å². The van der Waals surface area contributed by atoms with Crippen molar-refractivity contribution >= 4 is 0 Å². The summed E-state index contributed by atoms with van der Waals surface area (Å²) in [6, 6.07) is 0.856. The van der Waals surface area contributed by atoms with Crippen molar-refractivity contribution in [2.75, 3.05) is 33.2 Å². The zero-order valence-corrected chi connectivity index (χ0v) is 11.7. The highest BCUT2D eigenvalue weighted by atomic mass is 15.2. The van der Waals surface area contributed by atoms with Gasteiger partial charge in [0.1, 0.15) is 0 Å². The molecule has 2 nitrogen and oxygen atoms in total. The van der Waals surface area contributed by atoms with Crippen LogP contribution in [-0.4, -0.2) is 49.1 Å². The predicted octanol–water partition coefficient (Wildman–Crippen LogP) is 2.84. The molecule has 1 heterocycles. The minimum absolute atomic E-state index is 0.839. The summed E-state index contributed by atoms with van der Waals surface area (Å²) in [7, 11) is 2.24. The van der Waals surface area contributed by atoms with E-state index in [2.05, 4.69) is 37.6 Å². The fourth-order valence-corrected chi connectivity index (χ4v) is 2.55. The summed E-state index contributed by atoms with van der Waals surface area (Å²) < 4.78 is 0. The average Bonchev–Trinajstić information content (AvgIpc) is 2.25. The zero-order chi connectivity index (χ0) is 12.0. The molecule has 0 atom stereocenters. The van der Waals surface area contributed by atoms with Gasteiger partial charge in [-0.25, -0.2) is 0 Å².